The molecule has 0 unspecified atom stereocenters. The molecule has 3 rings (SSSR count). The Kier molecular flexibility index (Phi) is 6.44. The molecule has 6 nitrogen and oxygen atoms in total. The van der Waals surface area contributed by atoms with E-state index in [1.165, 1.54) is 0 Å². The molecule has 0 saturated heterocycles. The molecule has 0 saturated carbocycles. The van der Waals surface area contributed by atoms with Crippen LogP contribution in [0.4, 0.5) is 10.5 Å². The lowest BCUT2D eigenvalue weighted by Gasteiger charge is -2.14. The van der Waals surface area contributed by atoms with Gasteiger partial charge in [0.1, 0.15) is 11.5 Å². The average molecular weight is 393 g/mol. The van der Waals surface area contributed by atoms with Gasteiger partial charge in [-0.3, -0.25) is 0 Å². The molecule has 1 heterocycles. The van der Waals surface area contributed by atoms with Crippen molar-refractivity contribution in [2.24, 2.45) is 0 Å². The van der Waals surface area contributed by atoms with Crippen LogP contribution in [0.5, 0.6) is 11.5 Å². The van der Waals surface area contributed by atoms with Crippen LogP contribution >= 0.6 is 0 Å². The third-order valence-electron chi connectivity index (χ3n) is 4.74. The summed E-state index contributed by atoms with van der Waals surface area (Å²) >= 11 is 0. The lowest BCUT2D eigenvalue weighted by molar-refractivity contribution is 0.251. The summed E-state index contributed by atoms with van der Waals surface area (Å²) in [4.78, 5) is 12.4. The number of hydrogen-bond donors (Lipinski definition) is 2. The van der Waals surface area contributed by atoms with Crippen molar-refractivity contribution in [1.82, 2.24) is 9.88 Å². The summed E-state index contributed by atoms with van der Waals surface area (Å²) in [5, 5.41) is 5.78. The van der Waals surface area contributed by atoms with Crippen LogP contribution in [0.1, 0.15) is 23.9 Å². The number of carbonyl (C=O) groups is 1. The highest BCUT2D eigenvalue weighted by atomic mass is 16.5. The van der Waals surface area contributed by atoms with Crippen LogP contribution in [0.3, 0.4) is 0 Å². The quantitative estimate of drug-likeness (QED) is 0.605. The molecular formula is C23H27N3O3. The molecule has 0 radical (unpaired) electrons. The van der Waals surface area contributed by atoms with Crippen molar-refractivity contribution in [1.29, 1.82) is 0 Å². The second-order valence-corrected chi connectivity index (χ2v) is 6.64. The molecule has 0 bridgehead atoms. The number of benzene rings is 2. The van der Waals surface area contributed by atoms with Crippen molar-refractivity contribution >= 4 is 11.7 Å². The molecule has 0 aliphatic heterocycles. The van der Waals surface area contributed by atoms with Gasteiger partial charge in [-0.05, 0) is 56.7 Å². The van der Waals surface area contributed by atoms with E-state index in [2.05, 4.69) is 21.3 Å². The summed E-state index contributed by atoms with van der Waals surface area (Å²) in [5.74, 6) is 1.46. The Morgan fingerprint density at radius 1 is 1.03 bits per heavy atom. The highest BCUT2D eigenvalue weighted by molar-refractivity contribution is 5.90. The van der Waals surface area contributed by atoms with E-state index in [9.17, 15) is 4.79 Å². The molecule has 152 valence electrons. The van der Waals surface area contributed by atoms with Crippen molar-refractivity contribution in [2.45, 2.75) is 27.3 Å². The van der Waals surface area contributed by atoms with Crippen molar-refractivity contribution in [3.63, 3.8) is 0 Å². The van der Waals surface area contributed by atoms with E-state index >= 15 is 0 Å². The lowest BCUT2D eigenvalue weighted by atomic mass is 10.2. The summed E-state index contributed by atoms with van der Waals surface area (Å²) in [6.45, 7) is 6.95. The summed E-state index contributed by atoms with van der Waals surface area (Å²) in [7, 11) is 1.67. The molecule has 3 aromatic rings. The molecule has 0 aliphatic rings. The number of carbonyl (C=O) groups excluding carboxylic acids is 1. The summed E-state index contributed by atoms with van der Waals surface area (Å²) in [6, 6.07) is 17.1. The first kappa shape index (κ1) is 20.3. The third-order valence-corrected chi connectivity index (χ3v) is 4.74. The SMILES string of the molecule is CCOc1ccccc1NC(=O)NCc1cc(C)n(-c2ccccc2OC)c1C. The molecule has 0 atom stereocenters. The van der Waals surface area contributed by atoms with Gasteiger partial charge in [-0.15, -0.1) is 0 Å². The lowest BCUT2D eigenvalue weighted by Crippen LogP contribution is -2.28. The number of aryl methyl sites for hydroxylation is 1. The van der Waals surface area contributed by atoms with Crippen molar-refractivity contribution in [2.75, 3.05) is 19.0 Å². The van der Waals surface area contributed by atoms with E-state index in [1.807, 2.05) is 69.3 Å². The van der Waals surface area contributed by atoms with Crippen molar-refractivity contribution in [3.05, 3.63) is 71.5 Å². The number of rotatable bonds is 7. The van der Waals surface area contributed by atoms with Gasteiger partial charge in [0.2, 0.25) is 0 Å². The van der Waals surface area contributed by atoms with Gasteiger partial charge >= 0.3 is 6.03 Å². The van der Waals surface area contributed by atoms with E-state index in [1.54, 1.807) is 7.11 Å². The van der Waals surface area contributed by atoms with Crippen LogP contribution < -0.4 is 20.1 Å². The predicted octanol–water partition coefficient (Wildman–Crippen LogP) is 4.82. The van der Waals surface area contributed by atoms with Crippen molar-refractivity contribution in [3.8, 4) is 17.2 Å². The highest BCUT2D eigenvalue weighted by Crippen LogP contribution is 2.28. The molecule has 2 N–H and O–H groups in total. The monoisotopic (exact) mass is 393 g/mol. The maximum absolute atomic E-state index is 12.4. The topological polar surface area (TPSA) is 64.5 Å². The van der Waals surface area contributed by atoms with Gasteiger partial charge in [0.25, 0.3) is 0 Å². The molecule has 2 amide bonds. The van der Waals surface area contributed by atoms with Gasteiger partial charge in [0.05, 0.1) is 25.1 Å². The third kappa shape index (κ3) is 4.54. The van der Waals surface area contributed by atoms with Crippen LogP contribution in [-0.2, 0) is 6.54 Å². The molecule has 29 heavy (non-hydrogen) atoms. The van der Waals surface area contributed by atoms with E-state index in [0.29, 0.717) is 24.6 Å². The summed E-state index contributed by atoms with van der Waals surface area (Å²) < 4.78 is 13.2. The van der Waals surface area contributed by atoms with Gasteiger partial charge in [-0.1, -0.05) is 24.3 Å². The second kappa shape index (κ2) is 9.19. The van der Waals surface area contributed by atoms with Crippen molar-refractivity contribution < 1.29 is 14.3 Å². The van der Waals surface area contributed by atoms with Crippen LogP contribution in [0.15, 0.2) is 54.6 Å². The Hall–Kier alpha value is -3.41. The number of hydrogen-bond acceptors (Lipinski definition) is 3. The number of ether oxygens (including phenoxy) is 2. The maximum atomic E-state index is 12.4. The van der Waals surface area contributed by atoms with Crippen LogP contribution in [0, 0.1) is 13.8 Å². The molecule has 6 heteroatoms. The predicted molar refractivity (Wildman–Crippen MR) is 115 cm³/mol. The van der Waals surface area contributed by atoms with Gasteiger partial charge in [-0.2, -0.15) is 0 Å². The fourth-order valence-corrected chi connectivity index (χ4v) is 3.39. The van der Waals surface area contributed by atoms with E-state index in [0.717, 1.165) is 28.4 Å². The number of para-hydroxylation sites is 4. The van der Waals surface area contributed by atoms with E-state index < -0.39 is 0 Å². The summed E-state index contributed by atoms with van der Waals surface area (Å²) in [6.07, 6.45) is 0. The Morgan fingerprint density at radius 3 is 2.45 bits per heavy atom. The molecule has 2 aromatic carbocycles. The van der Waals surface area contributed by atoms with Gasteiger partial charge in [0, 0.05) is 17.9 Å². The first-order chi connectivity index (χ1) is 14.0. The second-order valence-electron chi connectivity index (χ2n) is 6.64. The maximum Gasteiger partial charge on any atom is 0.319 e. The molecule has 0 spiro atoms. The fraction of sp³-hybridized carbons (Fsp3) is 0.261. The van der Waals surface area contributed by atoms with Crippen LogP contribution in [0.2, 0.25) is 0 Å². The first-order valence-electron chi connectivity index (χ1n) is 9.63. The Labute approximate surface area is 171 Å². The smallest absolute Gasteiger partial charge is 0.319 e. The standard InChI is InChI=1S/C23H27N3O3/c1-5-29-21-12-8-6-10-19(21)25-23(27)24-15-18-14-16(2)26(17(18)3)20-11-7-9-13-22(20)28-4/h6-14H,5,15H2,1-4H3,(H2,24,25,27). The minimum absolute atomic E-state index is 0.278. The fourth-order valence-electron chi connectivity index (χ4n) is 3.39. The normalized spacial score (nSPS) is 10.5. The number of anilines is 1. The number of urea groups is 1. The largest absolute Gasteiger partial charge is 0.495 e. The molecule has 0 fully saturated rings. The Bertz CT molecular complexity index is 995. The first-order valence-corrected chi connectivity index (χ1v) is 9.63. The summed E-state index contributed by atoms with van der Waals surface area (Å²) in [5.41, 5.74) is 4.80. The zero-order valence-corrected chi connectivity index (χ0v) is 17.3. The minimum Gasteiger partial charge on any atom is -0.495 e. The van der Waals surface area contributed by atoms with Gasteiger partial charge < -0.3 is 24.7 Å². The van der Waals surface area contributed by atoms with Crippen LogP contribution in [-0.4, -0.2) is 24.3 Å². The van der Waals surface area contributed by atoms with Gasteiger partial charge in [-0.25, -0.2) is 4.79 Å². The zero-order valence-electron chi connectivity index (χ0n) is 17.3. The van der Waals surface area contributed by atoms with E-state index in [4.69, 9.17) is 9.47 Å². The Morgan fingerprint density at radius 2 is 1.72 bits per heavy atom. The molecular weight excluding hydrogens is 366 g/mol. The number of nitrogens with one attached hydrogen (secondary N) is 2. The molecule has 0 aliphatic carbocycles. The Balaban J connectivity index is 1.73. The minimum atomic E-state index is -0.278. The molecule has 1 aromatic heterocycles. The number of amides is 2. The average Bonchev–Trinajstić information content (AvgIpc) is 3.01. The van der Waals surface area contributed by atoms with E-state index in [-0.39, 0.29) is 6.03 Å². The highest BCUT2D eigenvalue weighted by Gasteiger charge is 2.15. The number of nitrogens with zero attached hydrogens (tertiary/aromatic N) is 1. The number of methoxy groups -OCH3 is 1. The zero-order chi connectivity index (χ0) is 20.8. The van der Waals surface area contributed by atoms with Gasteiger partial charge in [0.15, 0.2) is 0 Å². The van der Waals surface area contributed by atoms with Crippen LogP contribution in [0.25, 0.3) is 5.69 Å². The number of aromatic nitrogens is 1.